The quantitative estimate of drug-likeness (QED) is 0.782. The first-order valence-electron chi connectivity index (χ1n) is 7.77. The molecule has 0 radical (unpaired) electrons. The van der Waals surface area contributed by atoms with E-state index in [0.29, 0.717) is 6.42 Å². The van der Waals surface area contributed by atoms with Crippen molar-refractivity contribution in [3.63, 3.8) is 0 Å². The summed E-state index contributed by atoms with van der Waals surface area (Å²) in [6.07, 6.45) is 3.39. The van der Waals surface area contributed by atoms with Crippen LogP contribution in [0.1, 0.15) is 35.2 Å². The van der Waals surface area contributed by atoms with Gasteiger partial charge in [-0.3, -0.25) is 4.79 Å². The van der Waals surface area contributed by atoms with Crippen LogP contribution in [0, 0.1) is 0 Å². The van der Waals surface area contributed by atoms with Crippen molar-refractivity contribution < 1.29 is 14.3 Å². The Morgan fingerprint density at radius 2 is 1.95 bits per heavy atom. The van der Waals surface area contributed by atoms with Gasteiger partial charge in [0.25, 0.3) is 0 Å². The van der Waals surface area contributed by atoms with Gasteiger partial charge in [-0.2, -0.15) is 0 Å². The van der Waals surface area contributed by atoms with Gasteiger partial charge in [0.2, 0.25) is 0 Å². The highest BCUT2D eigenvalue weighted by molar-refractivity contribution is 5.97. The van der Waals surface area contributed by atoms with E-state index in [2.05, 4.69) is 0 Å². The van der Waals surface area contributed by atoms with Gasteiger partial charge in [-0.1, -0.05) is 42.5 Å². The summed E-state index contributed by atoms with van der Waals surface area (Å²) in [4.78, 5) is 12.2. The molecule has 2 aromatic carbocycles. The van der Waals surface area contributed by atoms with Crippen LogP contribution in [0.3, 0.4) is 0 Å². The maximum Gasteiger partial charge on any atom is 0.199 e. The van der Waals surface area contributed by atoms with Crippen molar-refractivity contribution in [1.29, 1.82) is 0 Å². The molecule has 114 valence electrons. The summed E-state index contributed by atoms with van der Waals surface area (Å²) in [5.74, 6) is 0.886. The van der Waals surface area contributed by atoms with E-state index in [4.69, 9.17) is 9.47 Å². The molecule has 1 heterocycles. The number of ketones is 1. The van der Waals surface area contributed by atoms with E-state index in [1.165, 1.54) is 0 Å². The van der Waals surface area contributed by atoms with Gasteiger partial charge in [0.05, 0.1) is 6.61 Å². The average molecular weight is 296 g/mol. The lowest BCUT2D eigenvalue weighted by Gasteiger charge is -2.23. The molecule has 3 rings (SSSR count). The molecule has 22 heavy (non-hydrogen) atoms. The Morgan fingerprint density at radius 1 is 1.09 bits per heavy atom. The molecule has 0 spiro atoms. The summed E-state index contributed by atoms with van der Waals surface area (Å²) in [7, 11) is 0. The second-order valence-electron chi connectivity index (χ2n) is 5.53. The standard InChI is InChI=1S/C19H20O3/c20-18(16-8-2-1-3-9-16)14-15-7-6-10-17(13-15)22-19-11-4-5-12-21-19/h1-3,6-10,13,19H,4-5,11-12,14H2. The fourth-order valence-electron chi connectivity index (χ4n) is 2.60. The molecule has 1 atom stereocenters. The van der Waals surface area contributed by atoms with Crippen molar-refractivity contribution >= 4 is 5.78 Å². The second-order valence-corrected chi connectivity index (χ2v) is 5.53. The number of Topliss-reactive ketones (excluding diaryl/α,β-unsaturated/α-hetero) is 1. The Labute approximate surface area is 130 Å². The minimum atomic E-state index is -0.158. The predicted molar refractivity (Wildman–Crippen MR) is 85.1 cm³/mol. The van der Waals surface area contributed by atoms with Crippen LogP contribution in [-0.4, -0.2) is 18.7 Å². The van der Waals surface area contributed by atoms with Gasteiger partial charge in [-0.15, -0.1) is 0 Å². The summed E-state index contributed by atoms with van der Waals surface area (Å²) >= 11 is 0. The highest BCUT2D eigenvalue weighted by Crippen LogP contribution is 2.21. The van der Waals surface area contributed by atoms with Gasteiger partial charge in [0, 0.05) is 18.4 Å². The van der Waals surface area contributed by atoms with Gasteiger partial charge in [-0.05, 0) is 30.5 Å². The summed E-state index contributed by atoms with van der Waals surface area (Å²) in [6.45, 7) is 0.761. The van der Waals surface area contributed by atoms with Crippen LogP contribution in [0.2, 0.25) is 0 Å². The van der Waals surface area contributed by atoms with Crippen molar-refractivity contribution in [2.45, 2.75) is 32.0 Å². The lowest BCUT2D eigenvalue weighted by atomic mass is 10.0. The van der Waals surface area contributed by atoms with E-state index < -0.39 is 0 Å². The van der Waals surface area contributed by atoms with Gasteiger partial charge in [0.1, 0.15) is 5.75 Å². The Bertz CT molecular complexity index is 616. The van der Waals surface area contributed by atoms with E-state index in [0.717, 1.165) is 42.7 Å². The summed E-state index contributed by atoms with van der Waals surface area (Å²) in [5.41, 5.74) is 1.70. The van der Waals surface area contributed by atoms with Gasteiger partial charge >= 0.3 is 0 Å². The minimum Gasteiger partial charge on any atom is -0.465 e. The molecule has 3 heteroatoms. The molecule has 3 nitrogen and oxygen atoms in total. The Kier molecular flexibility index (Phi) is 4.86. The molecule has 0 N–H and O–H groups in total. The van der Waals surface area contributed by atoms with Gasteiger partial charge < -0.3 is 9.47 Å². The highest BCUT2D eigenvalue weighted by Gasteiger charge is 2.15. The number of benzene rings is 2. The molecule has 1 saturated heterocycles. The molecule has 1 aliphatic heterocycles. The summed E-state index contributed by atoms with van der Waals surface area (Å²) in [6, 6.07) is 17.1. The van der Waals surface area contributed by atoms with Gasteiger partial charge in [0.15, 0.2) is 12.1 Å². The van der Waals surface area contributed by atoms with Crippen molar-refractivity contribution in [1.82, 2.24) is 0 Å². The Morgan fingerprint density at radius 3 is 2.73 bits per heavy atom. The first kappa shape index (κ1) is 14.8. The first-order valence-corrected chi connectivity index (χ1v) is 7.77. The molecule has 1 fully saturated rings. The molecule has 0 amide bonds. The monoisotopic (exact) mass is 296 g/mol. The largest absolute Gasteiger partial charge is 0.465 e. The van der Waals surface area contributed by atoms with Gasteiger partial charge in [-0.25, -0.2) is 0 Å². The van der Waals surface area contributed by atoms with Crippen molar-refractivity contribution in [3.05, 3.63) is 65.7 Å². The van der Waals surface area contributed by atoms with Crippen LogP contribution >= 0.6 is 0 Å². The topological polar surface area (TPSA) is 35.5 Å². The van der Waals surface area contributed by atoms with E-state index in [1.807, 2.05) is 54.6 Å². The Balaban J connectivity index is 1.64. The maximum atomic E-state index is 12.2. The number of carbonyl (C=O) groups excluding carboxylic acids is 1. The number of hydrogen-bond donors (Lipinski definition) is 0. The number of hydrogen-bond acceptors (Lipinski definition) is 3. The fourth-order valence-corrected chi connectivity index (χ4v) is 2.60. The predicted octanol–water partition coefficient (Wildman–Crippen LogP) is 4.02. The number of rotatable bonds is 5. The fraction of sp³-hybridized carbons (Fsp3) is 0.316. The molecule has 1 aliphatic rings. The Hall–Kier alpha value is -2.13. The molecule has 0 aliphatic carbocycles. The lowest BCUT2D eigenvalue weighted by Crippen LogP contribution is -2.25. The number of ether oxygens (including phenoxy) is 2. The van der Waals surface area contributed by atoms with E-state index in [1.54, 1.807) is 0 Å². The van der Waals surface area contributed by atoms with Crippen LogP contribution < -0.4 is 4.74 Å². The zero-order valence-electron chi connectivity index (χ0n) is 12.5. The third kappa shape index (κ3) is 3.95. The maximum absolute atomic E-state index is 12.2. The molecule has 0 saturated carbocycles. The molecule has 0 aromatic heterocycles. The van der Waals surface area contributed by atoms with Crippen LogP contribution in [0.15, 0.2) is 54.6 Å². The third-order valence-electron chi connectivity index (χ3n) is 3.76. The molecule has 0 bridgehead atoms. The number of carbonyl (C=O) groups is 1. The van der Waals surface area contributed by atoms with Crippen molar-refractivity contribution in [2.75, 3.05) is 6.61 Å². The summed E-state index contributed by atoms with van der Waals surface area (Å²) in [5, 5.41) is 0. The van der Waals surface area contributed by atoms with E-state index in [9.17, 15) is 4.79 Å². The van der Waals surface area contributed by atoms with E-state index in [-0.39, 0.29) is 12.1 Å². The SMILES string of the molecule is O=C(Cc1cccc(OC2CCCCO2)c1)c1ccccc1. The molecular formula is C19H20O3. The van der Waals surface area contributed by atoms with E-state index >= 15 is 0 Å². The minimum absolute atomic E-state index is 0.117. The second kappa shape index (κ2) is 7.23. The van der Waals surface area contributed by atoms with Crippen molar-refractivity contribution in [3.8, 4) is 5.75 Å². The van der Waals surface area contributed by atoms with Crippen LogP contribution in [0.25, 0.3) is 0 Å². The first-order chi connectivity index (χ1) is 10.8. The van der Waals surface area contributed by atoms with Crippen LogP contribution in [-0.2, 0) is 11.2 Å². The normalized spacial score (nSPS) is 17.9. The van der Waals surface area contributed by atoms with Crippen LogP contribution in [0.4, 0.5) is 0 Å². The molecule has 2 aromatic rings. The zero-order valence-corrected chi connectivity index (χ0v) is 12.5. The third-order valence-corrected chi connectivity index (χ3v) is 3.76. The average Bonchev–Trinajstić information content (AvgIpc) is 2.57. The summed E-state index contributed by atoms with van der Waals surface area (Å²) < 4.78 is 11.4. The van der Waals surface area contributed by atoms with Crippen LogP contribution in [0.5, 0.6) is 5.75 Å². The highest BCUT2D eigenvalue weighted by atomic mass is 16.7. The smallest absolute Gasteiger partial charge is 0.199 e. The lowest BCUT2D eigenvalue weighted by molar-refractivity contribution is -0.105. The molecular weight excluding hydrogens is 276 g/mol. The van der Waals surface area contributed by atoms with Crippen molar-refractivity contribution in [2.24, 2.45) is 0 Å². The molecule has 1 unspecified atom stereocenters. The zero-order chi connectivity index (χ0) is 15.2.